The van der Waals surface area contributed by atoms with E-state index in [2.05, 4.69) is 91.9 Å². The SMILES string of the molecule is CC(C=C1C=CC=C(c2cccc3c2Cc2ccccc2-3)C1C1=CC=CC1)C1CCCCC1.[Cl-].[Cl-].[Zr+2]. The number of rotatable bonds is 4. The van der Waals surface area contributed by atoms with E-state index in [0.717, 1.165) is 18.8 Å². The van der Waals surface area contributed by atoms with Gasteiger partial charge in [0, 0.05) is 5.92 Å². The number of halogens is 2. The van der Waals surface area contributed by atoms with E-state index < -0.39 is 0 Å². The Hall–Kier alpha value is -1.40. The van der Waals surface area contributed by atoms with Crippen molar-refractivity contribution in [2.45, 2.75) is 51.9 Å². The average molecular weight is 593 g/mol. The standard InChI is InChI=1S/C33H34.2ClH.Zr/c1-23(24-11-3-2-4-12-24)21-27-16-9-20-31(33(27)25-13-5-6-14-25)30-19-10-18-29-28-17-8-7-15-26(28)22-32(29)30;;;/h5-10,13,15-21,23-24,33H,2-4,11-12,14,22H2,1H3;2*1H;/q;;;+2/p-2. The third-order valence-corrected chi connectivity index (χ3v) is 8.39. The van der Waals surface area contributed by atoms with E-state index in [1.807, 2.05) is 0 Å². The zero-order chi connectivity index (χ0) is 22.2. The Morgan fingerprint density at radius 3 is 2.36 bits per heavy atom. The molecule has 0 aromatic heterocycles. The number of fused-ring (bicyclic) bond motifs is 3. The third-order valence-electron chi connectivity index (χ3n) is 8.39. The van der Waals surface area contributed by atoms with Crippen LogP contribution in [0.4, 0.5) is 0 Å². The molecule has 2 aromatic carbocycles. The summed E-state index contributed by atoms with van der Waals surface area (Å²) in [6.07, 6.45) is 25.8. The van der Waals surface area contributed by atoms with Gasteiger partial charge in [0.2, 0.25) is 0 Å². The van der Waals surface area contributed by atoms with Crippen LogP contribution in [-0.4, -0.2) is 0 Å². The normalized spacial score (nSPS) is 21.9. The predicted octanol–water partition coefficient (Wildman–Crippen LogP) is 2.86. The fraction of sp³-hybridized carbons (Fsp3) is 0.333. The van der Waals surface area contributed by atoms with Gasteiger partial charge in [0.15, 0.2) is 0 Å². The molecule has 0 spiro atoms. The number of allylic oxidation sites excluding steroid dienone is 10. The molecule has 0 amide bonds. The Balaban J connectivity index is 0.00000120. The van der Waals surface area contributed by atoms with Crippen molar-refractivity contribution >= 4 is 5.57 Å². The van der Waals surface area contributed by atoms with Crippen molar-refractivity contribution in [2.75, 3.05) is 0 Å². The molecule has 0 saturated heterocycles. The summed E-state index contributed by atoms with van der Waals surface area (Å²) in [6, 6.07) is 15.9. The van der Waals surface area contributed by atoms with Gasteiger partial charge in [0.05, 0.1) is 0 Å². The molecule has 6 rings (SSSR count). The molecular weight excluding hydrogens is 558 g/mol. The van der Waals surface area contributed by atoms with Gasteiger partial charge < -0.3 is 24.8 Å². The molecule has 1 saturated carbocycles. The van der Waals surface area contributed by atoms with Crippen molar-refractivity contribution in [2.24, 2.45) is 17.8 Å². The van der Waals surface area contributed by atoms with Gasteiger partial charge in [-0.25, -0.2) is 0 Å². The first kappa shape index (κ1) is 29.2. The largest absolute Gasteiger partial charge is 2.00 e. The van der Waals surface area contributed by atoms with Gasteiger partial charge in [0.1, 0.15) is 0 Å². The van der Waals surface area contributed by atoms with Crippen LogP contribution in [0.3, 0.4) is 0 Å². The van der Waals surface area contributed by atoms with Crippen LogP contribution in [0, 0.1) is 17.8 Å². The summed E-state index contributed by atoms with van der Waals surface area (Å²) in [5, 5.41) is 0. The van der Waals surface area contributed by atoms with Crippen LogP contribution in [0.5, 0.6) is 0 Å². The molecule has 0 bridgehead atoms. The van der Waals surface area contributed by atoms with Crippen molar-refractivity contribution in [1.29, 1.82) is 0 Å². The van der Waals surface area contributed by atoms with E-state index in [4.69, 9.17) is 0 Å². The second-order valence-electron chi connectivity index (χ2n) is 10.4. The summed E-state index contributed by atoms with van der Waals surface area (Å²) in [7, 11) is 0. The van der Waals surface area contributed by atoms with E-state index in [9.17, 15) is 0 Å². The molecule has 184 valence electrons. The van der Waals surface area contributed by atoms with Gasteiger partial charge in [-0.2, -0.15) is 0 Å². The molecule has 0 aliphatic heterocycles. The van der Waals surface area contributed by atoms with Crippen molar-refractivity contribution < 1.29 is 51.0 Å². The van der Waals surface area contributed by atoms with Crippen LogP contribution in [0.2, 0.25) is 0 Å². The van der Waals surface area contributed by atoms with Gasteiger partial charge >= 0.3 is 26.2 Å². The molecule has 0 nitrogen and oxygen atoms in total. The van der Waals surface area contributed by atoms with E-state index in [1.54, 1.807) is 5.57 Å². The topological polar surface area (TPSA) is 0 Å². The molecular formula is C33H34Cl2Zr. The van der Waals surface area contributed by atoms with Gasteiger partial charge in [-0.1, -0.05) is 117 Å². The number of hydrogen-bond acceptors (Lipinski definition) is 0. The van der Waals surface area contributed by atoms with E-state index in [0.29, 0.717) is 11.8 Å². The van der Waals surface area contributed by atoms with Gasteiger partial charge in [-0.15, -0.1) is 0 Å². The fourth-order valence-electron chi connectivity index (χ4n) is 6.65. The molecule has 0 N–H and O–H groups in total. The van der Waals surface area contributed by atoms with Crippen LogP contribution in [0.25, 0.3) is 16.7 Å². The van der Waals surface area contributed by atoms with Crippen LogP contribution >= 0.6 is 0 Å². The molecule has 2 atom stereocenters. The molecule has 2 unspecified atom stereocenters. The minimum absolute atomic E-state index is 0. The summed E-state index contributed by atoms with van der Waals surface area (Å²) in [6.45, 7) is 2.46. The molecule has 3 heteroatoms. The molecule has 2 aromatic rings. The maximum atomic E-state index is 2.63. The molecule has 36 heavy (non-hydrogen) atoms. The Labute approximate surface area is 248 Å². The summed E-state index contributed by atoms with van der Waals surface area (Å²) in [5.41, 5.74) is 11.8. The second kappa shape index (κ2) is 12.9. The van der Waals surface area contributed by atoms with Crippen molar-refractivity contribution in [3.63, 3.8) is 0 Å². The Kier molecular flexibility index (Phi) is 10.5. The smallest absolute Gasteiger partial charge is 1.00 e. The quantitative estimate of drug-likeness (QED) is 0.438. The molecule has 0 heterocycles. The van der Waals surface area contributed by atoms with Crippen molar-refractivity contribution in [3.8, 4) is 11.1 Å². The monoisotopic (exact) mass is 590 g/mol. The van der Waals surface area contributed by atoms with Crippen LogP contribution in [0.1, 0.15) is 62.1 Å². The maximum Gasteiger partial charge on any atom is 2.00 e. The van der Waals surface area contributed by atoms with Crippen LogP contribution in [0.15, 0.2) is 96.1 Å². The first-order valence-electron chi connectivity index (χ1n) is 13.0. The maximum absolute atomic E-state index is 2.63. The van der Waals surface area contributed by atoms with Crippen molar-refractivity contribution in [3.05, 3.63) is 113 Å². The number of hydrogen-bond donors (Lipinski definition) is 0. The van der Waals surface area contributed by atoms with Gasteiger partial charge in [-0.3, -0.25) is 0 Å². The minimum Gasteiger partial charge on any atom is -1.00 e. The van der Waals surface area contributed by atoms with Crippen LogP contribution in [-0.2, 0) is 32.6 Å². The second-order valence-corrected chi connectivity index (χ2v) is 10.4. The predicted molar refractivity (Wildman–Crippen MR) is 141 cm³/mol. The van der Waals surface area contributed by atoms with E-state index in [-0.39, 0.29) is 51.0 Å². The summed E-state index contributed by atoms with van der Waals surface area (Å²) >= 11 is 0. The molecule has 4 aliphatic carbocycles. The van der Waals surface area contributed by atoms with Crippen molar-refractivity contribution in [1.82, 2.24) is 0 Å². The van der Waals surface area contributed by atoms with Gasteiger partial charge in [0.25, 0.3) is 0 Å². The minimum atomic E-state index is 0. The molecule has 1 fully saturated rings. The Morgan fingerprint density at radius 2 is 1.58 bits per heavy atom. The zero-order valence-corrected chi connectivity index (χ0v) is 25.0. The van der Waals surface area contributed by atoms with E-state index in [1.165, 1.54) is 71.1 Å². The third kappa shape index (κ3) is 5.55. The Bertz CT molecular complexity index is 1220. The summed E-state index contributed by atoms with van der Waals surface area (Å²) in [5.74, 6) is 1.86. The van der Waals surface area contributed by atoms with Crippen LogP contribution < -0.4 is 24.8 Å². The van der Waals surface area contributed by atoms with Gasteiger partial charge in [-0.05, 0) is 76.5 Å². The van der Waals surface area contributed by atoms with E-state index >= 15 is 0 Å². The fourth-order valence-corrected chi connectivity index (χ4v) is 6.65. The summed E-state index contributed by atoms with van der Waals surface area (Å²) < 4.78 is 0. The first-order valence-corrected chi connectivity index (χ1v) is 13.0. The average Bonchev–Trinajstić information content (AvgIpc) is 3.52. The first-order chi connectivity index (χ1) is 16.3. The summed E-state index contributed by atoms with van der Waals surface area (Å²) in [4.78, 5) is 0. The molecule has 0 radical (unpaired) electrons. The Morgan fingerprint density at radius 1 is 0.833 bits per heavy atom. The molecule has 4 aliphatic rings. The number of benzene rings is 2. The zero-order valence-electron chi connectivity index (χ0n) is 21.0.